The molecule has 13 heteroatoms. The summed E-state index contributed by atoms with van der Waals surface area (Å²) < 4.78 is 20.2. The number of aromatic carboxylic acids is 1. The molecular formula is C37H28ClFN2O9. The highest BCUT2D eigenvalue weighted by atomic mass is 35.5. The van der Waals surface area contributed by atoms with Crippen LogP contribution in [0.2, 0.25) is 5.02 Å². The van der Waals surface area contributed by atoms with E-state index in [1.165, 1.54) is 30.5 Å². The Balaban J connectivity index is 1.24. The molecule has 50 heavy (non-hydrogen) atoms. The summed E-state index contributed by atoms with van der Waals surface area (Å²) in [5, 5.41) is 29.7. The Morgan fingerprint density at radius 3 is 2.40 bits per heavy atom. The summed E-state index contributed by atoms with van der Waals surface area (Å²) in [4.78, 5) is 70.6. The van der Waals surface area contributed by atoms with E-state index < -0.39 is 81.7 Å². The minimum absolute atomic E-state index is 0.0157. The van der Waals surface area contributed by atoms with Gasteiger partial charge in [0.25, 0.3) is 0 Å². The molecule has 3 N–H and O–H groups in total. The highest BCUT2D eigenvalue weighted by Crippen LogP contribution is 2.63. The van der Waals surface area contributed by atoms with Crippen LogP contribution in [0.1, 0.15) is 35.7 Å². The zero-order valence-electron chi connectivity index (χ0n) is 26.3. The molecule has 3 aliphatic heterocycles. The predicted molar refractivity (Wildman–Crippen MR) is 175 cm³/mol. The van der Waals surface area contributed by atoms with E-state index in [-0.39, 0.29) is 41.4 Å². The monoisotopic (exact) mass is 698 g/mol. The van der Waals surface area contributed by atoms with Gasteiger partial charge < -0.3 is 20.1 Å². The zero-order valence-corrected chi connectivity index (χ0v) is 27.1. The van der Waals surface area contributed by atoms with E-state index in [4.69, 9.17) is 16.3 Å². The molecule has 3 aromatic carbocycles. The first-order valence-electron chi connectivity index (χ1n) is 16.0. The molecule has 11 nitrogen and oxygen atoms in total. The summed E-state index contributed by atoms with van der Waals surface area (Å²) >= 11 is 6.08. The van der Waals surface area contributed by atoms with Gasteiger partial charge in [-0.3, -0.25) is 19.2 Å². The molecule has 0 spiro atoms. The normalized spacial score (nSPS) is 28.3. The van der Waals surface area contributed by atoms with Crippen LogP contribution < -0.4 is 14.5 Å². The van der Waals surface area contributed by atoms with Crippen molar-refractivity contribution in [2.45, 2.75) is 26.2 Å². The van der Waals surface area contributed by atoms with Gasteiger partial charge in [-0.05, 0) is 79.8 Å². The van der Waals surface area contributed by atoms with Crippen molar-refractivity contribution < 1.29 is 48.4 Å². The average molecular weight is 699 g/mol. The van der Waals surface area contributed by atoms with Gasteiger partial charge in [0.2, 0.25) is 23.6 Å². The molecule has 2 saturated heterocycles. The number of fused-ring (bicyclic) bond motifs is 5. The minimum Gasteiger partial charge on any atom is -0.508 e. The average Bonchev–Trinajstić information content (AvgIpc) is 3.44. The van der Waals surface area contributed by atoms with E-state index in [1.807, 2.05) is 6.08 Å². The van der Waals surface area contributed by atoms with Crippen LogP contribution in [0.5, 0.6) is 17.2 Å². The standard InChI is InChI=1S/C37H28ClFN2O9/c1-37-25(33(45)41(36(37)49)18-3-8-27(39)26(38)12-18)14-24-21(31(37)17-10-16-11-20(42)4-9-29(16)50-15-17)6-7-23-30(24)34(46)40(32(23)44)19-2-5-22(35(47)48)28(43)13-19/h2-6,8-9,11-13,15,23-25,30-31,42-43H,7,10,14H2,1H3,(H,47,48)/t23-,24+,25-,30-,31-,37+/m0/s1. The van der Waals surface area contributed by atoms with Gasteiger partial charge in [-0.2, -0.15) is 0 Å². The van der Waals surface area contributed by atoms with Crippen molar-refractivity contribution in [3.8, 4) is 17.2 Å². The lowest BCUT2D eigenvalue weighted by Gasteiger charge is -2.49. The lowest BCUT2D eigenvalue weighted by Crippen LogP contribution is -2.51. The van der Waals surface area contributed by atoms with Crippen molar-refractivity contribution in [1.82, 2.24) is 0 Å². The molecule has 6 atom stereocenters. The van der Waals surface area contributed by atoms with Gasteiger partial charge >= 0.3 is 5.97 Å². The fourth-order valence-corrected chi connectivity index (χ4v) is 8.99. The lowest BCUT2D eigenvalue weighted by molar-refractivity contribution is -0.132. The van der Waals surface area contributed by atoms with Crippen molar-refractivity contribution in [3.05, 3.63) is 100 Å². The van der Waals surface area contributed by atoms with Gasteiger partial charge in [0, 0.05) is 24.0 Å². The second-order valence-electron chi connectivity index (χ2n) is 13.6. The Bertz CT molecular complexity index is 2160. The molecule has 0 unspecified atom stereocenters. The summed E-state index contributed by atoms with van der Waals surface area (Å²) in [6.45, 7) is 1.70. The first-order chi connectivity index (χ1) is 23.8. The molecule has 5 aliphatic rings. The Labute approximate surface area is 288 Å². The van der Waals surface area contributed by atoms with Crippen molar-refractivity contribution >= 4 is 52.6 Å². The molecule has 254 valence electrons. The third-order valence-electron chi connectivity index (χ3n) is 11.1. The summed E-state index contributed by atoms with van der Waals surface area (Å²) in [5.74, 6) is -8.47. The number of carbonyl (C=O) groups is 5. The number of carboxylic acids is 1. The van der Waals surface area contributed by atoms with Gasteiger partial charge in [0.15, 0.2) is 0 Å². The van der Waals surface area contributed by atoms with Crippen LogP contribution in [-0.2, 0) is 25.6 Å². The van der Waals surface area contributed by atoms with Crippen LogP contribution in [0.3, 0.4) is 0 Å². The largest absolute Gasteiger partial charge is 0.508 e. The van der Waals surface area contributed by atoms with Crippen LogP contribution in [0.4, 0.5) is 15.8 Å². The van der Waals surface area contributed by atoms with Crippen LogP contribution in [0.15, 0.2) is 78.1 Å². The Kier molecular flexibility index (Phi) is 6.99. The number of aromatic hydroxyl groups is 2. The molecule has 3 aromatic rings. The Morgan fingerprint density at radius 2 is 1.68 bits per heavy atom. The molecule has 4 amide bonds. The fraction of sp³-hybridized carbons (Fsp3) is 0.270. The van der Waals surface area contributed by atoms with Gasteiger partial charge in [-0.25, -0.2) is 19.0 Å². The lowest BCUT2D eigenvalue weighted by atomic mass is 9.51. The van der Waals surface area contributed by atoms with Gasteiger partial charge in [-0.15, -0.1) is 0 Å². The molecule has 3 heterocycles. The first kappa shape index (κ1) is 31.8. The van der Waals surface area contributed by atoms with E-state index in [2.05, 4.69) is 0 Å². The van der Waals surface area contributed by atoms with Crippen LogP contribution in [-0.4, -0.2) is 44.9 Å². The second-order valence-corrected chi connectivity index (χ2v) is 14.0. The molecule has 2 aliphatic carbocycles. The van der Waals surface area contributed by atoms with Crippen molar-refractivity contribution in [2.24, 2.45) is 35.0 Å². The number of nitrogens with zero attached hydrogens (tertiary/aromatic N) is 2. The molecule has 8 rings (SSSR count). The summed E-state index contributed by atoms with van der Waals surface area (Å²) in [5.41, 5.74) is 0.326. The molecule has 0 bridgehead atoms. The molecule has 0 aromatic heterocycles. The molecule has 0 radical (unpaired) electrons. The maximum atomic E-state index is 14.6. The van der Waals surface area contributed by atoms with Crippen molar-refractivity contribution in [1.29, 1.82) is 0 Å². The smallest absolute Gasteiger partial charge is 0.339 e. The van der Waals surface area contributed by atoms with Crippen molar-refractivity contribution in [3.63, 3.8) is 0 Å². The number of hydrogen-bond acceptors (Lipinski definition) is 8. The molecule has 1 saturated carbocycles. The minimum atomic E-state index is -1.39. The number of halogens is 2. The maximum absolute atomic E-state index is 14.6. The first-order valence-corrected chi connectivity index (χ1v) is 16.3. The SMILES string of the molecule is C[C@@]12C(=O)N(c3ccc(F)c(Cl)c3)C(=O)[C@@H]1C[C@@H]1C(=CC[C@@H]3C(=O)N(c4ccc(C(=O)O)c(O)c4)C(=O)[C@@H]31)[C@@H]2C1=COc2ccc(O)cc2C1. The maximum Gasteiger partial charge on any atom is 0.339 e. The number of phenols is 2. The van der Waals surface area contributed by atoms with Gasteiger partial charge in [0.05, 0.1) is 45.8 Å². The third kappa shape index (κ3) is 4.37. The number of carbonyl (C=O) groups excluding carboxylic acids is 4. The number of allylic oxidation sites excluding steroid dienone is 3. The summed E-state index contributed by atoms with van der Waals surface area (Å²) in [7, 11) is 0. The van der Waals surface area contributed by atoms with Gasteiger partial charge in [0.1, 0.15) is 28.6 Å². The third-order valence-corrected chi connectivity index (χ3v) is 11.3. The second kappa shape index (κ2) is 11.0. The summed E-state index contributed by atoms with van der Waals surface area (Å²) in [6, 6.07) is 11.7. The van der Waals surface area contributed by atoms with Crippen molar-refractivity contribution in [2.75, 3.05) is 9.80 Å². The number of anilines is 2. The van der Waals surface area contributed by atoms with E-state index in [0.717, 1.165) is 28.0 Å². The number of phenolic OH excluding ortho intramolecular Hbond substituents is 1. The Hall–Kier alpha value is -5.49. The number of imide groups is 2. The topological polar surface area (TPSA) is 162 Å². The number of benzene rings is 3. The van der Waals surface area contributed by atoms with E-state index in [9.17, 15) is 43.7 Å². The van der Waals surface area contributed by atoms with Crippen LogP contribution >= 0.6 is 11.6 Å². The summed E-state index contributed by atoms with van der Waals surface area (Å²) in [6.07, 6.45) is 3.87. The van der Waals surface area contributed by atoms with Crippen LogP contribution in [0, 0.1) is 40.8 Å². The highest BCUT2D eigenvalue weighted by Gasteiger charge is 2.68. The fourth-order valence-electron chi connectivity index (χ4n) is 8.81. The number of carboxylic acid groups (broad SMARTS) is 1. The van der Waals surface area contributed by atoms with Crippen LogP contribution in [0.25, 0.3) is 0 Å². The van der Waals surface area contributed by atoms with E-state index in [1.54, 1.807) is 19.1 Å². The quantitative estimate of drug-likeness (QED) is 0.240. The van der Waals surface area contributed by atoms with E-state index >= 15 is 0 Å². The highest BCUT2D eigenvalue weighted by molar-refractivity contribution is 6.32. The Morgan fingerprint density at radius 1 is 0.940 bits per heavy atom. The number of amides is 4. The number of ether oxygens (including phenoxy) is 1. The number of hydrogen-bond donors (Lipinski definition) is 3. The zero-order chi connectivity index (χ0) is 35.4. The molecular weight excluding hydrogens is 671 g/mol. The predicted octanol–water partition coefficient (Wildman–Crippen LogP) is 5.38. The van der Waals surface area contributed by atoms with E-state index in [0.29, 0.717) is 22.5 Å². The number of rotatable bonds is 4. The molecule has 3 fully saturated rings. The van der Waals surface area contributed by atoms with Gasteiger partial charge in [-0.1, -0.05) is 23.3 Å².